The van der Waals surface area contributed by atoms with E-state index in [0.717, 1.165) is 5.56 Å². The molecule has 3 amide bonds. The van der Waals surface area contributed by atoms with Crippen LogP contribution in [0, 0.1) is 0 Å². The normalized spacial score (nSPS) is 17.6. The molecule has 2 aromatic carbocycles. The van der Waals surface area contributed by atoms with Crippen LogP contribution in [0.15, 0.2) is 59.8 Å². The van der Waals surface area contributed by atoms with Crippen LogP contribution >= 0.6 is 0 Å². The molecule has 1 unspecified atom stereocenters. The van der Waals surface area contributed by atoms with Crippen molar-refractivity contribution < 1.29 is 23.9 Å². The SMILES string of the molecule is CCOc1ccccc1C1NC(=O)N(CC(=O)Nc2cccc(C(C)C)c2)C2=C1C(=O)OC2. The van der Waals surface area contributed by atoms with Crippen LogP contribution in [0.5, 0.6) is 5.75 Å². The van der Waals surface area contributed by atoms with E-state index in [4.69, 9.17) is 9.47 Å². The fourth-order valence-electron chi connectivity index (χ4n) is 4.04. The molecule has 0 saturated carbocycles. The lowest BCUT2D eigenvalue weighted by Crippen LogP contribution is -2.49. The second-order valence-electron chi connectivity index (χ2n) is 8.20. The van der Waals surface area contributed by atoms with Gasteiger partial charge in [0.25, 0.3) is 0 Å². The summed E-state index contributed by atoms with van der Waals surface area (Å²) in [4.78, 5) is 39.6. The minimum Gasteiger partial charge on any atom is -0.494 e. The average Bonchev–Trinajstić information content (AvgIpc) is 3.18. The first-order valence-electron chi connectivity index (χ1n) is 11.0. The van der Waals surface area contributed by atoms with Gasteiger partial charge in [-0.2, -0.15) is 0 Å². The molecule has 0 spiro atoms. The third-order valence-corrected chi connectivity index (χ3v) is 5.67. The standard InChI is InChI=1S/C25H27N3O5/c1-4-32-20-11-6-5-10-18(20)23-22-19(14-33-24(22)30)28(25(31)27-23)13-21(29)26-17-9-7-8-16(12-17)15(2)3/h5-12,15,23H,4,13-14H2,1-3H3,(H,26,29)(H,27,31). The molecule has 0 fully saturated rings. The van der Waals surface area contributed by atoms with Gasteiger partial charge in [0.2, 0.25) is 5.91 Å². The molecule has 2 aliphatic heterocycles. The smallest absolute Gasteiger partial charge is 0.338 e. The van der Waals surface area contributed by atoms with E-state index in [1.54, 1.807) is 18.2 Å². The molecule has 8 heteroatoms. The first kappa shape index (κ1) is 22.4. The van der Waals surface area contributed by atoms with Crippen LogP contribution in [-0.2, 0) is 14.3 Å². The molecule has 2 aromatic rings. The number of nitrogens with zero attached hydrogens (tertiary/aromatic N) is 1. The minimum atomic E-state index is -0.715. The van der Waals surface area contributed by atoms with Crippen molar-refractivity contribution in [3.63, 3.8) is 0 Å². The Morgan fingerprint density at radius 3 is 2.76 bits per heavy atom. The zero-order valence-electron chi connectivity index (χ0n) is 18.9. The molecular weight excluding hydrogens is 422 g/mol. The Kier molecular flexibility index (Phi) is 6.35. The maximum atomic E-state index is 13.0. The lowest BCUT2D eigenvalue weighted by Gasteiger charge is -2.33. The molecular formula is C25H27N3O5. The molecule has 0 radical (unpaired) electrons. The quantitative estimate of drug-likeness (QED) is 0.628. The van der Waals surface area contributed by atoms with Gasteiger partial charge < -0.3 is 20.1 Å². The van der Waals surface area contributed by atoms with Gasteiger partial charge in [-0.15, -0.1) is 0 Å². The molecule has 2 heterocycles. The summed E-state index contributed by atoms with van der Waals surface area (Å²) in [5.41, 5.74) is 3.12. The van der Waals surface area contributed by atoms with Gasteiger partial charge in [-0.1, -0.05) is 44.2 Å². The van der Waals surface area contributed by atoms with Crippen LogP contribution < -0.4 is 15.4 Å². The van der Waals surface area contributed by atoms with E-state index in [1.807, 2.05) is 37.3 Å². The summed E-state index contributed by atoms with van der Waals surface area (Å²) in [6, 6.07) is 13.6. The number of benzene rings is 2. The predicted octanol–water partition coefficient (Wildman–Crippen LogP) is 3.72. The molecule has 0 aliphatic carbocycles. The number of rotatable bonds is 7. The summed E-state index contributed by atoms with van der Waals surface area (Å²) >= 11 is 0. The van der Waals surface area contributed by atoms with Crippen molar-refractivity contribution >= 4 is 23.6 Å². The van der Waals surface area contributed by atoms with Crippen LogP contribution in [0.1, 0.15) is 43.9 Å². The number of esters is 1. The van der Waals surface area contributed by atoms with Crippen LogP contribution in [0.2, 0.25) is 0 Å². The van der Waals surface area contributed by atoms with Gasteiger partial charge in [0.05, 0.1) is 23.9 Å². The maximum absolute atomic E-state index is 13.0. The molecule has 2 aliphatic rings. The number of carbonyl (C=O) groups is 3. The number of amides is 3. The number of hydrogen-bond acceptors (Lipinski definition) is 5. The average molecular weight is 450 g/mol. The lowest BCUT2D eigenvalue weighted by atomic mass is 9.95. The number of carbonyl (C=O) groups excluding carboxylic acids is 3. The molecule has 0 saturated heterocycles. The van der Waals surface area contributed by atoms with Gasteiger partial charge >= 0.3 is 12.0 Å². The highest BCUT2D eigenvalue weighted by molar-refractivity contribution is 6.00. The van der Waals surface area contributed by atoms with Crippen LogP contribution in [0.25, 0.3) is 0 Å². The lowest BCUT2D eigenvalue weighted by molar-refractivity contribution is -0.136. The van der Waals surface area contributed by atoms with Crippen molar-refractivity contribution in [1.29, 1.82) is 0 Å². The highest BCUT2D eigenvalue weighted by Crippen LogP contribution is 2.38. The zero-order chi connectivity index (χ0) is 23.5. The highest BCUT2D eigenvalue weighted by Gasteiger charge is 2.43. The Bertz CT molecular complexity index is 1120. The van der Waals surface area contributed by atoms with E-state index in [1.165, 1.54) is 4.90 Å². The number of ether oxygens (including phenoxy) is 2. The van der Waals surface area contributed by atoms with Crippen LogP contribution in [-0.4, -0.2) is 42.6 Å². The van der Waals surface area contributed by atoms with E-state index in [9.17, 15) is 14.4 Å². The van der Waals surface area contributed by atoms with Gasteiger partial charge in [-0.25, -0.2) is 9.59 Å². The molecule has 172 valence electrons. The molecule has 8 nitrogen and oxygen atoms in total. The van der Waals surface area contributed by atoms with Gasteiger partial charge in [0.1, 0.15) is 18.9 Å². The van der Waals surface area contributed by atoms with Crippen LogP contribution in [0.4, 0.5) is 10.5 Å². The predicted molar refractivity (Wildman–Crippen MR) is 123 cm³/mol. The largest absolute Gasteiger partial charge is 0.494 e. The number of nitrogens with one attached hydrogen (secondary N) is 2. The minimum absolute atomic E-state index is 0.0645. The second-order valence-corrected chi connectivity index (χ2v) is 8.20. The van der Waals surface area contributed by atoms with Crippen molar-refractivity contribution in [1.82, 2.24) is 10.2 Å². The summed E-state index contributed by atoms with van der Waals surface area (Å²) in [5, 5.41) is 5.68. The second kappa shape index (κ2) is 9.36. The summed E-state index contributed by atoms with van der Waals surface area (Å²) in [7, 11) is 0. The van der Waals surface area contributed by atoms with E-state index >= 15 is 0 Å². The monoisotopic (exact) mass is 449 g/mol. The Hall–Kier alpha value is -3.81. The van der Waals surface area contributed by atoms with Gasteiger partial charge in [0, 0.05) is 11.3 Å². The summed E-state index contributed by atoms with van der Waals surface area (Å²) in [6.07, 6.45) is 0. The van der Waals surface area contributed by atoms with E-state index in [0.29, 0.717) is 40.8 Å². The Balaban J connectivity index is 1.59. The number of cyclic esters (lactones) is 1. The molecule has 4 rings (SSSR count). The van der Waals surface area contributed by atoms with Crippen molar-refractivity contribution in [2.75, 3.05) is 25.1 Å². The van der Waals surface area contributed by atoms with Gasteiger partial charge in [-0.3, -0.25) is 9.69 Å². The fraction of sp³-hybridized carbons (Fsp3) is 0.320. The first-order chi connectivity index (χ1) is 15.9. The maximum Gasteiger partial charge on any atom is 0.338 e. The first-order valence-corrected chi connectivity index (χ1v) is 11.0. The molecule has 0 aromatic heterocycles. The number of hydrogen-bond donors (Lipinski definition) is 2. The Labute approximate surface area is 192 Å². The molecule has 33 heavy (non-hydrogen) atoms. The third kappa shape index (κ3) is 4.55. The summed E-state index contributed by atoms with van der Waals surface area (Å²) in [6.45, 7) is 6.15. The van der Waals surface area contributed by atoms with Crippen LogP contribution in [0.3, 0.4) is 0 Å². The van der Waals surface area contributed by atoms with Crippen molar-refractivity contribution in [2.45, 2.75) is 32.7 Å². The van der Waals surface area contributed by atoms with Gasteiger partial charge in [0.15, 0.2) is 0 Å². The Morgan fingerprint density at radius 2 is 2.00 bits per heavy atom. The number of anilines is 1. The molecule has 1 atom stereocenters. The molecule has 0 bridgehead atoms. The number of para-hydroxylation sites is 1. The van der Waals surface area contributed by atoms with E-state index in [2.05, 4.69) is 24.5 Å². The topological polar surface area (TPSA) is 97.0 Å². The summed E-state index contributed by atoms with van der Waals surface area (Å²) < 4.78 is 10.9. The van der Waals surface area contributed by atoms with Crippen molar-refractivity contribution in [2.24, 2.45) is 0 Å². The third-order valence-electron chi connectivity index (χ3n) is 5.67. The number of urea groups is 1. The van der Waals surface area contributed by atoms with Crippen molar-refractivity contribution in [3.8, 4) is 5.75 Å². The fourth-order valence-corrected chi connectivity index (χ4v) is 4.04. The highest BCUT2D eigenvalue weighted by atomic mass is 16.5. The van der Waals surface area contributed by atoms with E-state index in [-0.39, 0.29) is 19.1 Å². The Morgan fingerprint density at radius 1 is 1.21 bits per heavy atom. The van der Waals surface area contributed by atoms with Gasteiger partial charge in [-0.05, 0) is 36.6 Å². The molecule has 2 N–H and O–H groups in total. The summed E-state index contributed by atoms with van der Waals surface area (Å²) in [5.74, 6) is 0.00966. The van der Waals surface area contributed by atoms with E-state index < -0.39 is 18.0 Å². The zero-order valence-corrected chi connectivity index (χ0v) is 18.9. The van der Waals surface area contributed by atoms with Crippen molar-refractivity contribution in [3.05, 3.63) is 70.9 Å².